The van der Waals surface area contributed by atoms with E-state index in [4.69, 9.17) is 5.73 Å². The Morgan fingerprint density at radius 3 is 3.00 bits per heavy atom. The fourth-order valence-electron chi connectivity index (χ4n) is 2.36. The van der Waals surface area contributed by atoms with Gasteiger partial charge in [0.15, 0.2) is 0 Å². The highest BCUT2D eigenvalue weighted by Crippen LogP contribution is 2.31. The van der Waals surface area contributed by atoms with E-state index in [-0.39, 0.29) is 0 Å². The second-order valence-corrected chi connectivity index (χ2v) is 5.94. The molecule has 17 heavy (non-hydrogen) atoms. The zero-order chi connectivity index (χ0) is 12.3. The molecule has 0 bridgehead atoms. The van der Waals surface area contributed by atoms with Crippen molar-refractivity contribution in [1.82, 2.24) is 9.97 Å². The molecule has 4 nitrogen and oxygen atoms in total. The second-order valence-electron chi connectivity index (χ2n) is 4.43. The highest BCUT2D eigenvalue weighted by molar-refractivity contribution is 7.99. The summed E-state index contributed by atoms with van der Waals surface area (Å²) in [6.07, 6.45) is 3.82. The van der Waals surface area contributed by atoms with E-state index < -0.39 is 0 Å². The summed E-state index contributed by atoms with van der Waals surface area (Å²) in [7, 11) is 0. The maximum Gasteiger partial charge on any atom is 0.222 e. The lowest BCUT2D eigenvalue weighted by molar-refractivity contribution is 0.761. The molecule has 1 aromatic heterocycles. The smallest absolute Gasteiger partial charge is 0.222 e. The molecule has 0 saturated heterocycles. The maximum atomic E-state index is 5.66. The Bertz CT molecular complexity index is 363. The van der Waals surface area contributed by atoms with Crippen LogP contribution >= 0.6 is 11.8 Å². The predicted octanol–water partition coefficient (Wildman–Crippen LogP) is 2.45. The van der Waals surface area contributed by atoms with Crippen LogP contribution in [0.15, 0.2) is 6.07 Å². The summed E-state index contributed by atoms with van der Waals surface area (Å²) in [6, 6.07) is 2.48. The molecule has 2 unspecified atom stereocenters. The third-order valence-electron chi connectivity index (χ3n) is 3.04. The summed E-state index contributed by atoms with van der Waals surface area (Å²) in [6.45, 7) is 4.16. The largest absolute Gasteiger partial charge is 0.368 e. The van der Waals surface area contributed by atoms with Crippen molar-refractivity contribution in [3.63, 3.8) is 0 Å². The molecule has 94 valence electrons. The van der Waals surface area contributed by atoms with Gasteiger partial charge in [0.25, 0.3) is 0 Å². The minimum atomic E-state index is 0.352. The Morgan fingerprint density at radius 1 is 1.47 bits per heavy atom. The molecule has 3 N–H and O–H groups in total. The highest BCUT2D eigenvalue weighted by Gasteiger charge is 2.27. The summed E-state index contributed by atoms with van der Waals surface area (Å²) in [5, 5.41) is 4.21. The van der Waals surface area contributed by atoms with Gasteiger partial charge in [0, 0.05) is 23.1 Å². The van der Waals surface area contributed by atoms with Gasteiger partial charge in [-0.05, 0) is 25.5 Å². The minimum Gasteiger partial charge on any atom is -0.368 e. The van der Waals surface area contributed by atoms with Crippen LogP contribution in [-0.4, -0.2) is 27.0 Å². The zero-order valence-corrected chi connectivity index (χ0v) is 11.3. The van der Waals surface area contributed by atoms with Gasteiger partial charge in [0.2, 0.25) is 5.95 Å². The van der Waals surface area contributed by atoms with Gasteiger partial charge in [-0.1, -0.05) is 13.3 Å². The van der Waals surface area contributed by atoms with Gasteiger partial charge >= 0.3 is 0 Å². The van der Waals surface area contributed by atoms with Gasteiger partial charge in [0.05, 0.1) is 0 Å². The van der Waals surface area contributed by atoms with Crippen molar-refractivity contribution in [3.05, 3.63) is 11.8 Å². The van der Waals surface area contributed by atoms with E-state index in [2.05, 4.69) is 22.2 Å². The standard InChI is InChI=1S/C12H20N4S/c1-3-17-10-6-4-5-9(10)15-11-7-8(2)14-12(13)16-11/h7,9-10H,3-6H2,1-2H3,(H3,13,14,15,16). The molecule has 1 aliphatic carbocycles. The average Bonchev–Trinajstić information content (AvgIpc) is 2.65. The predicted molar refractivity (Wildman–Crippen MR) is 74.4 cm³/mol. The number of rotatable bonds is 4. The molecule has 1 fully saturated rings. The average molecular weight is 252 g/mol. The van der Waals surface area contributed by atoms with Gasteiger partial charge in [-0.25, -0.2) is 4.98 Å². The number of hydrogen-bond acceptors (Lipinski definition) is 5. The zero-order valence-electron chi connectivity index (χ0n) is 10.4. The van der Waals surface area contributed by atoms with Crippen molar-refractivity contribution in [3.8, 4) is 0 Å². The van der Waals surface area contributed by atoms with Crippen LogP contribution < -0.4 is 11.1 Å². The van der Waals surface area contributed by atoms with Crippen molar-refractivity contribution in [2.24, 2.45) is 0 Å². The Morgan fingerprint density at radius 2 is 2.29 bits per heavy atom. The molecule has 0 amide bonds. The number of nitrogens with zero attached hydrogens (tertiary/aromatic N) is 2. The van der Waals surface area contributed by atoms with Crippen molar-refractivity contribution < 1.29 is 0 Å². The molecule has 0 radical (unpaired) electrons. The summed E-state index contributed by atoms with van der Waals surface area (Å²) < 4.78 is 0. The number of thioether (sulfide) groups is 1. The van der Waals surface area contributed by atoms with E-state index in [1.165, 1.54) is 25.0 Å². The first-order chi connectivity index (χ1) is 8.19. The van der Waals surface area contributed by atoms with Gasteiger partial charge in [-0.3, -0.25) is 0 Å². The number of hydrogen-bond donors (Lipinski definition) is 2. The van der Waals surface area contributed by atoms with Crippen LogP contribution in [0.3, 0.4) is 0 Å². The van der Waals surface area contributed by atoms with Crippen molar-refractivity contribution in [2.75, 3.05) is 16.8 Å². The lowest BCUT2D eigenvalue weighted by Gasteiger charge is -2.20. The molecular weight excluding hydrogens is 232 g/mol. The van der Waals surface area contributed by atoms with Crippen molar-refractivity contribution >= 4 is 23.5 Å². The van der Waals surface area contributed by atoms with E-state index >= 15 is 0 Å². The number of aryl methyl sites for hydroxylation is 1. The first-order valence-electron chi connectivity index (χ1n) is 6.18. The maximum absolute atomic E-state index is 5.66. The summed E-state index contributed by atoms with van der Waals surface area (Å²) >= 11 is 2.04. The molecular formula is C12H20N4S. The molecule has 2 atom stereocenters. The van der Waals surface area contributed by atoms with Crippen LogP contribution in [0.2, 0.25) is 0 Å². The molecule has 1 heterocycles. The highest BCUT2D eigenvalue weighted by atomic mass is 32.2. The molecule has 2 rings (SSSR count). The number of nitrogens with one attached hydrogen (secondary N) is 1. The van der Waals surface area contributed by atoms with Gasteiger partial charge in [0.1, 0.15) is 5.82 Å². The number of aromatic nitrogens is 2. The number of nitrogens with two attached hydrogens (primary N) is 1. The van der Waals surface area contributed by atoms with E-state index in [9.17, 15) is 0 Å². The van der Waals surface area contributed by atoms with Crippen LogP contribution in [0.25, 0.3) is 0 Å². The number of anilines is 2. The van der Waals surface area contributed by atoms with E-state index in [1.807, 2.05) is 24.8 Å². The summed E-state index contributed by atoms with van der Waals surface area (Å²) in [4.78, 5) is 8.32. The van der Waals surface area contributed by atoms with Crippen LogP contribution in [0.1, 0.15) is 31.9 Å². The third-order valence-corrected chi connectivity index (χ3v) is 4.36. The van der Waals surface area contributed by atoms with Crippen molar-refractivity contribution in [1.29, 1.82) is 0 Å². The van der Waals surface area contributed by atoms with Crippen LogP contribution in [0.4, 0.5) is 11.8 Å². The molecule has 5 heteroatoms. The van der Waals surface area contributed by atoms with Gasteiger partial charge in [-0.15, -0.1) is 0 Å². The van der Waals surface area contributed by atoms with Gasteiger partial charge in [-0.2, -0.15) is 16.7 Å². The first kappa shape index (κ1) is 12.5. The number of nitrogen functional groups attached to an aromatic ring is 1. The Balaban J connectivity index is 2.04. The fraction of sp³-hybridized carbons (Fsp3) is 0.667. The van der Waals surface area contributed by atoms with Crippen molar-refractivity contribution in [2.45, 2.75) is 44.4 Å². The van der Waals surface area contributed by atoms with E-state index in [1.54, 1.807) is 0 Å². The molecule has 1 aliphatic rings. The topological polar surface area (TPSA) is 63.8 Å². The lowest BCUT2D eigenvalue weighted by atomic mass is 10.2. The quantitative estimate of drug-likeness (QED) is 0.861. The molecule has 1 aromatic rings. The normalized spacial score (nSPS) is 23.9. The first-order valence-corrected chi connectivity index (χ1v) is 7.23. The summed E-state index contributed by atoms with van der Waals surface area (Å²) in [5.74, 6) is 2.39. The molecule has 0 aliphatic heterocycles. The molecule has 0 spiro atoms. The minimum absolute atomic E-state index is 0.352. The fourth-order valence-corrected chi connectivity index (χ4v) is 3.56. The monoisotopic (exact) mass is 252 g/mol. The van der Waals surface area contributed by atoms with E-state index in [0.717, 1.165) is 11.5 Å². The van der Waals surface area contributed by atoms with E-state index in [0.29, 0.717) is 17.2 Å². The Hall–Kier alpha value is -0.970. The Kier molecular flexibility index (Phi) is 4.10. The molecule has 1 saturated carbocycles. The molecule has 0 aromatic carbocycles. The van der Waals surface area contributed by atoms with Crippen LogP contribution in [-0.2, 0) is 0 Å². The second kappa shape index (κ2) is 5.58. The third kappa shape index (κ3) is 3.25. The summed E-state index contributed by atoms with van der Waals surface area (Å²) in [5.41, 5.74) is 6.57. The van der Waals surface area contributed by atoms with Crippen LogP contribution in [0.5, 0.6) is 0 Å². The SMILES string of the molecule is CCSC1CCCC1Nc1cc(C)nc(N)n1. The Labute approximate surface area is 107 Å². The lowest BCUT2D eigenvalue weighted by Crippen LogP contribution is -2.26. The van der Waals surface area contributed by atoms with Crippen LogP contribution in [0, 0.1) is 6.92 Å². The van der Waals surface area contributed by atoms with Gasteiger partial charge < -0.3 is 11.1 Å².